The van der Waals surface area contributed by atoms with Crippen LogP contribution in [0.25, 0.3) is 11.0 Å². The SMILES string of the molecule is CO/N=C(\CCC(=O)O)c1nc2ccccc2n(C2CC(C)N(C3CC4CCCCC(C4)C3)C(C)C2)c1=O. The number of carboxylic acid groups (broad SMARTS) is 1. The minimum atomic E-state index is -0.951. The van der Waals surface area contributed by atoms with Crippen LogP contribution in [0, 0.1) is 11.8 Å². The molecule has 2 bridgehead atoms. The molecule has 1 N–H and O–H groups in total. The Kier molecular flexibility index (Phi) is 8.17. The molecule has 3 fully saturated rings. The first-order chi connectivity index (χ1) is 18.4. The summed E-state index contributed by atoms with van der Waals surface area (Å²) >= 11 is 0. The van der Waals surface area contributed by atoms with Crippen LogP contribution in [0.2, 0.25) is 0 Å². The third-order valence-electron chi connectivity index (χ3n) is 9.23. The molecule has 1 aromatic heterocycles. The molecule has 1 aromatic carbocycles. The normalized spacial score (nSPS) is 30.7. The summed E-state index contributed by atoms with van der Waals surface area (Å²) in [6.45, 7) is 4.67. The van der Waals surface area contributed by atoms with Gasteiger partial charge in [0.15, 0.2) is 5.69 Å². The first-order valence-electron chi connectivity index (χ1n) is 14.5. The molecule has 2 aliphatic carbocycles. The van der Waals surface area contributed by atoms with Crippen molar-refractivity contribution < 1.29 is 14.7 Å². The van der Waals surface area contributed by atoms with Crippen molar-refractivity contribution in [3.05, 3.63) is 40.3 Å². The smallest absolute Gasteiger partial charge is 0.303 e. The molecule has 5 rings (SSSR count). The van der Waals surface area contributed by atoms with Gasteiger partial charge in [-0.1, -0.05) is 43.0 Å². The van der Waals surface area contributed by atoms with E-state index >= 15 is 0 Å². The molecule has 2 heterocycles. The predicted molar refractivity (Wildman–Crippen MR) is 149 cm³/mol. The van der Waals surface area contributed by atoms with Crippen LogP contribution in [0.3, 0.4) is 0 Å². The van der Waals surface area contributed by atoms with E-state index in [1.165, 1.54) is 52.1 Å². The number of carbonyl (C=O) groups is 1. The molecule has 206 valence electrons. The number of aliphatic carboxylic acids is 1. The number of piperidine rings is 1. The number of fused-ring (bicyclic) bond motifs is 3. The molecule has 0 spiro atoms. The quantitative estimate of drug-likeness (QED) is 0.387. The molecule has 3 aliphatic rings. The van der Waals surface area contributed by atoms with E-state index in [0.29, 0.717) is 23.6 Å². The van der Waals surface area contributed by atoms with Crippen molar-refractivity contribution in [3.8, 4) is 0 Å². The number of benzene rings is 1. The van der Waals surface area contributed by atoms with E-state index in [1.54, 1.807) is 0 Å². The maximum Gasteiger partial charge on any atom is 0.303 e. The lowest BCUT2D eigenvalue weighted by Gasteiger charge is -2.50. The fourth-order valence-corrected chi connectivity index (χ4v) is 7.85. The molecule has 2 saturated carbocycles. The van der Waals surface area contributed by atoms with Gasteiger partial charge in [0, 0.05) is 30.6 Å². The standard InChI is InChI=1S/C30H42N4O4/c1-19-14-23(15-20(2)33(19)24-17-21-8-4-5-9-22(16-21)18-24)34-27-11-7-6-10-25(27)31-29(30(34)37)26(32-38-3)12-13-28(35)36/h6-7,10-11,19-24H,4-5,8-9,12-18H2,1-3H3,(H,35,36)/b32-26+. The number of rotatable bonds is 7. The van der Waals surface area contributed by atoms with Crippen LogP contribution in [-0.2, 0) is 9.63 Å². The molecule has 0 radical (unpaired) electrons. The van der Waals surface area contributed by atoms with Crippen molar-refractivity contribution >= 4 is 22.7 Å². The molecule has 4 atom stereocenters. The zero-order valence-electron chi connectivity index (χ0n) is 23.0. The van der Waals surface area contributed by atoms with Crippen LogP contribution in [0.4, 0.5) is 0 Å². The fraction of sp³-hybridized carbons (Fsp3) is 0.667. The number of hydrogen-bond donors (Lipinski definition) is 1. The Labute approximate surface area is 225 Å². The summed E-state index contributed by atoms with van der Waals surface area (Å²) in [5.74, 6) is 0.793. The zero-order valence-corrected chi connectivity index (χ0v) is 23.0. The van der Waals surface area contributed by atoms with Crippen LogP contribution in [-0.4, -0.2) is 56.5 Å². The highest BCUT2D eigenvalue weighted by atomic mass is 16.6. The van der Waals surface area contributed by atoms with Gasteiger partial charge in [0.1, 0.15) is 12.8 Å². The topological polar surface area (TPSA) is 97.0 Å². The lowest BCUT2D eigenvalue weighted by Crippen LogP contribution is -2.54. The van der Waals surface area contributed by atoms with Crippen molar-refractivity contribution in [1.29, 1.82) is 0 Å². The number of carboxylic acids is 1. The average molecular weight is 523 g/mol. The Bertz CT molecular complexity index is 1210. The van der Waals surface area contributed by atoms with Crippen molar-refractivity contribution in [3.63, 3.8) is 0 Å². The van der Waals surface area contributed by atoms with E-state index in [2.05, 4.69) is 28.9 Å². The molecular formula is C30H42N4O4. The molecule has 1 aliphatic heterocycles. The average Bonchev–Trinajstić information content (AvgIpc) is 3.05. The van der Waals surface area contributed by atoms with Gasteiger partial charge in [-0.2, -0.15) is 0 Å². The first-order valence-corrected chi connectivity index (χ1v) is 14.5. The first kappa shape index (κ1) is 26.9. The largest absolute Gasteiger partial charge is 0.481 e. The summed E-state index contributed by atoms with van der Waals surface area (Å²) in [4.78, 5) is 37.7. The lowest BCUT2D eigenvalue weighted by molar-refractivity contribution is -0.136. The molecule has 2 aromatic rings. The third-order valence-corrected chi connectivity index (χ3v) is 9.23. The van der Waals surface area contributed by atoms with Gasteiger partial charge >= 0.3 is 5.97 Å². The molecular weight excluding hydrogens is 480 g/mol. The molecule has 8 heteroatoms. The zero-order chi connectivity index (χ0) is 26.8. The highest BCUT2D eigenvalue weighted by Gasteiger charge is 2.41. The van der Waals surface area contributed by atoms with Crippen LogP contribution in [0.5, 0.6) is 0 Å². The maximum atomic E-state index is 14.0. The summed E-state index contributed by atoms with van der Waals surface area (Å²) in [5.41, 5.74) is 1.78. The second kappa shape index (κ2) is 11.6. The van der Waals surface area contributed by atoms with Gasteiger partial charge in [-0.15, -0.1) is 0 Å². The summed E-state index contributed by atoms with van der Waals surface area (Å²) in [6, 6.07) is 9.14. The number of para-hydroxylation sites is 2. The molecule has 1 saturated heterocycles. The number of aromatic nitrogens is 2. The van der Waals surface area contributed by atoms with Crippen molar-refractivity contribution in [2.45, 2.75) is 109 Å². The van der Waals surface area contributed by atoms with E-state index in [4.69, 9.17) is 4.84 Å². The van der Waals surface area contributed by atoms with Crippen LogP contribution < -0.4 is 5.56 Å². The number of nitrogens with zero attached hydrogens (tertiary/aromatic N) is 4. The van der Waals surface area contributed by atoms with E-state index in [-0.39, 0.29) is 35.8 Å². The lowest BCUT2D eigenvalue weighted by atomic mass is 9.75. The number of likely N-dealkylation sites (tertiary alicyclic amines) is 1. The summed E-state index contributed by atoms with van der Waals surface area (Å²) in [7, 11) is 1.40. The van der Waals surface area contributed by atoms with E-state index in [1.807, 2.05) is 28.8 Å². The van der Waals surface area contributed by atoms with Crippen LogP contribution in [0.1, 0.15) is 96.2 Å². The molecule has 4 unspecified atom stereocenters. The van der Waals surface area contributed by atoms with Gasteiger partial charge in [-0.3, -0.25) is 14.5 Å². The van der Waals surface area contributed by atoms with Crippen molar-refractivity contribution in [2.75, 3.05) is 7.11 Å². The number of oxime groups is 1. The van der Waals surface area contributed by atoms with Gasteiger partial charge < -0.3 is 14.5 Å². The Morgan fingerprint density at radius 2 is 1.66 bits per heavy atom. The summed E-state index contributed by atoms with van der Waals surface area (Å²) < 4.78 is 1.91. The van der Waals surface area contributed by atoms with E-state index in [9.17, 15) is 14.7 Å². The van der Waals surface area contributed by atoms with Gasteiger partial charge in [-0.25, -0.2) is 4.98 Å². The van der Waals surface area contributed by atoms with Gasteiger partial charge in [0.05, 0.1) is 17.5 Å². The van der Waals surface area contributed by atoms with E-state index < -0.39 is 5.97 Å². The summed E-state index contributed by atoms with van der Waals surface area (Å²) in [5, 5.41) is 13.3. The number of hydrogen-bond acceptors (Lipinski definition) is 6. The fourth-order valence-electron chi connectivity index (χ4n) is 7.85. The van der Waals surface area contributed by atoms with Crippen molar-refractivity contribution in [1.82, 2.24) is 14.5 Å². The molecule has 8 nitrogen and oxygen atoms in total. The van der Waals surface area contributed by atoms with Gasteiger partial charge in [-0.05, 0) is 69.9 Å². The van der Waals surface area contributed by atoms with Crippen LogP contribution >= 0.6 is 0 Å². The summed E-state index contributed by atoms with van der Waals surface area (Å²) in [6.07, 6.45) is 11.4. The molecule has 38 heavy (non-hydrogen) atoms. The Balaban J connectivity index is 1.47. The highest BCUT2D eigenvalue weighted by Crippen LogP contribution is 2.43. The Morgan fingerprint density at radius 1 is 1.00 bits per heavy atom. The minimum absolute atomic E-state index is 0.0320. The minimum Gasteiger partial charge on any atom is -0.481 e. The predicted octanol–water partition coefficient (Wildman–Crippen LogP) is 5.38. The second-order valence-electron chi connectivity index (χ2n) is 11.9. The Morgan fingerprint density at radius 3 is 2.29 bits per heavy atom. The van der Waals surface area contributed by atoms with Crippen molar-refractivity contribution in [2.24, 2.45) is 17.0 Å². The second-order valence-corrected chi connectivity index (χ2v) is 11.9. The van der Waals surface area contributed by atoms with E-state index in [0.717, 1.165) is 30.2 Å². The third kappa shape index (κ3) is 5.51. The Hall–Kier alpha value is -2.74. The highest BCUT2D eigenvalue weighted by molar-refractivity contribution is 6.00. The monoisotopic (exact) mass is 522 g/mol. The van der Waals surface area contributed by atoms with Gasteiger partial charge in [0.25, 0.3) is 5.56 Å². The maximum absolute atomic E-state index is 14.0. The van der Waals surface area contributed by atoms with Gasteiger partial charge in [0.2, 0.25) is 0 Å². The molecule has 0 amide bonds. The van der Waals surface area contributed by atoms with Crippen LogP contribution in [0.15, 0.2) is 34.2 Å².